The fourth-order valence-corrected chi connectivity index (χ4v) is 2.35. The minimum Gasteiger partial charge on any atom is -0.469 e. The zero-order chi connectivity index (χ0) is 13.1. The van der Waals surface area contributed by atoms with Crippen molar-refractivity contribution in [3.63, 3.8) is 0 Å². The number of halogens is 2. The van der Waals surface area contributed by atoms with E-state index in [1.165, 1.54) is 13.2 Å². The van der Waals surface area contributed by atoms with Crippen molar-refractivity contribution >= 4 is 23.3 Å². The smallest absolute Gasteiger partial charge is 0.305 e. The molecule has 0 aliphatic carbocycles. The predicted molar refractivity (Wildman–Crippen MR) is 68.4 cm³/mol. The first-order valence-corrected chi connectivity index (χ1v) is 6.24. The molecule has 0 amide bonds. The Balaban J connectivity index is 1.99. The van der Waals surface area contributed by atoms with Crippen molar-refractivity contribution in [2.75, 3.05) is 25.1 Å². The van der Waals surface area contributed by atoms with Crippen LogP contribution in [0.4, 0.5) is 10.1 Å². The van der Waals surface area contributed by atoms with Crippen LogP contribution in [0.25, 0.3) is 0 Å². The van der Waals surface area contributed by atoms with E-state index in [9.17, 15) is 9.18 Å². The fourth-order valence-electron chi connectivity index (χ4n) is 2.23. The maximum absolute atomic E-state index is 13.4. The Morgan fingerprint density at radius 3 is 3.06 bits per heavy atom. The lowest BCUT2D eigenvalue weighted by atomic mass is 10.1. The van der Waals surface area contributed by atoms with Gasteiger partial charge in [0.1, 0.15) is 5.82 Å². The van der Waals surface area contributed by atoms with Crippen molar-refractivity contribution in [2.24, 2.45) is 5.92 Å². The first kappa shape index (κ1) is 13.1. The largest absolute Gasteiger partial charge is 0.469 e. The van der Waals surface area contributed by atoms with Crippen LogP contribution in [0.1, 0.15) is 12.8 Å². The van der Waals surface area contributed by atoms with Crippen LogP contribution >= 0.6 is 11.6 Å². The van der Waals surface area contributed by atoms with Crippen LogP contribution in [0, 0.1) is 11.7 Å². The number of carbonyl (C=O) groups is 1. The number of anilines is 1. The Morgan fingerprint density at radius 1 is 1.61 bits per heavy atom. The zero-order valence-electron chi connectivity index (χ0n) is 10.2. The number of nitrogens with zero attached hydrogens (tertiary/aromatic N) is 1. The first-order chi connectivity index (χ1) is 8.60. The summed E-state index contributed by atoms with van der Waals surface area (Å²) < 4.78 is 18.0. The molecule has 1 fully saturated rings. The fraction of sp³-hybridized carbons (Fsp3) is 0.462. The van der Waals surface area contributed by atoms with Gasteiger partial charge in [0.25, 0.3) is 0 Å². The molecule has 1 saturated heterocycles. The lowest BCUT2D eigenvalue weighted by Gasteiger charge is -2.18. The van der Waals surface area contributed by atoms with Gasteiger partial charge in [-0.3, -0.25) is 4.79 Å². The molecule has 0 aromatic heterocycles. The highest BCUT2D eigenvalue weighted by Gasteiger charge is 2.25. The molecule has 1 aliphatic rings. The molecule has 1 aromatic carbocycles. The van der Waals surface area contributed by atoms with E-state index in [2.05, 4.69) is 9.64 Å². The minimum atomic E-state index is -0.411. The molecule has 1 aliphatic heterocycles. The van der Waals surface area contributed by atoms with Crippen LogP contribution in [-0.4, -0.2) is 26.2 Å². The zero-order valence-corrected chi connectivity index (χ0v) is 10.9. The van der Waals surface area contributed by atoms with E-state index in [0.717, 1.165) is 25.2 Å². The molecule has 0 saturated carbocycles. The van der Waals surface area contributed by atoms with Crippen molar-refractivity contribution in [2.45, 2.75) is 12.8 Å². The third-order valence-electron chi connectivity index (χ3n) is 3.24. The van der Waals surface area contributed by atoms with E-state index >= 15 is 0 Å². The number of rotatable bonds is 3. The number of esters is 1. The van der Waals surface area contributed by atoms with E-state index in [0.29, 0.717) is 6.42 Å². The van der Waals surface area contributed by atoms with Gasteiger partial charge in [0.15, 0.2) is 0 Å². The third-order valence-corrected chi connectivity index (χ3v) is 3.54. The number of methoxy groups -OCH3 is 1. The van der Waals surface area contributed by atoms with E-state index in [1.54, 1.807) is 12.1 Å². The molecule has 0 bridgehead atoms. The maximum Gasteiger partial charge on any atom is 0.305 e. The lowest BCUT2D eigenvalue weighted by Crippen LogP contribution is -2.20. The molecule has 98 valence electrons. The minimum absolute atomic E-state index is 0.129. The van der Waals surface area contributed by atoms with Crippen LogP contribution < -0.4 is 4.90 Å². The average molecular weight is 272 g/mol. The van der Waals surface area contributed by atoms with Crippen molar-refractivity contribution in [1.29, 1.82) is 0 Å². The topological polar surface area (TPSA) is 29.5 Å². The second-order valence-electron chi connectivity index (χ2n) is 4.48. The van der Waals surface area contributed by atoms with Gasteiger partial charge in [0, 0.05) is 18.8 Å². The number of ether oxygens (including phenoxy) is 1. The Morgan fingerprint density at radius 2 is 2.39 bits per heavy atom. The van der Waals surface area contributed by atoms with Gasteiger partial charge in [-0.15, -0.1) is 0 Å². The summed E-state index contributed by atoms with van der Waals surface area (Å²) in [4.78, 5) is 13.3. The maximum atomic E-state index is 13.4. The molecule has 0 unspecified atom stereocenters. The summed E-state index contributed by atoms with van der Waals surface area (Å²) in [5, 5.41) is 0.129. The highest BCUT2D eigenvalue weighted by atomic mass is 35.5. The Kier molecular flexibility index (Phi) is 4.07. The molecular formula is C13H15ClFNO2. The summed E-state index contributed by atoms with van der Waals surface area (Å²) in [6.07, 6.45) is 1.34. The normalized spacial score (nSPS) is 19.1. The molecule has 1 aromatic rings. The van der Waals surface area contributed by atoms with Gasteiger partial charge in [0.2, 0.25) is 0 Å². The molecule has 3 nitrogen and oxygen atoms in total. The molecule has 1 heterocycles. The van der Waals surface area contributed by atoms with E-state index in [4.69, 9.17) is 11.6 Å². The van der Waals surface area contributed by atoms with Gasteiger partial charge < -0.3 is 9.64 Å². The van der Waals surface area contributed by atoms with Crippen LogP contribution in [-0.2, 0) is 9.53 Å². The van der Waals surface area contributed by atoms with Crippen molar-refractivity contribution in [3.05, 3.63) is 29.0 Å². The van der Waals surface area contributed by atoms with Crippen molar-refractivity contribution in [3.8, 4) is 0 Å². The predicted octanol–water partition coefficient (Wildman–Crippen LogP) is 2.87. The summed E-state index contributed by atoms with van der Waals surface area (Å²) in [6.45, 7) is 1.57. The Hall–Kier alpha value is -1.29. The van der Waals surface area contributed by atoms with Crippen LogP contribution in [0.15, 0.2) is 18.2 Å². The number of hydrogen-bond donors (Lipinski definition) is 0. The molecule has 2 rings (SSSR count). The average Bonchev–Trinajstić information content (AvgIpc) is 2.81. The third kappa shape index (κ3) is 2.93. The van der Waals surface area contributed by atoms with Crippen molar-refractivity contribution in [1.82, 2.24) is 0 Å². The standard InChI is InChI=1S/C13H15ClFNO2/c1-18-13(17)6-9-4-5-16(8-9)10-2-3-11(14)12(15)7-10/h2-3,7,9H,4-6,8H2,1H3/t9-/m0/s1. The van der Waals surface area contributed by atoms with E-state index < -0.39 is 5.82 Å². The van der Waals surface area contributed by atoms with Gasteiger partial charge >= 0.3 is 5.97 Å². The molecule has 5 heteroatoms. The van der Waals surface area contributed by atoms with E-state index in [-0.39, 0.29) is 16.9 Å². The van der Waals surface area contributed by atoms with E-state index in [1.807, 2.05) is 0 Å². The van der Waals surface area contributed by atoms with Crippen LogP contribution in [0.5, 0.6) is 0 Å². The molecule has 1 atom stereocenters. The second kappa shape index (κ2) is 5.57. The molecule has 0 N–H and O–H groups in total. The summed E-state index contributed by atoms with van der Waals surface area (Å²) in [5.74, 6) is -0.328. The molecular weight excluding hydrogens is 257 g/mol. The van der Waals surface area contributed by atoms with Crippen molar-refractivity contribution < 1.29 is 13.9 Å². The molecule has 0 radical (unpaired) electrons. The first-order valence-electron chi connectivity index (χ1n) is 5.87. The highest BCUT2D eigenvalue weighted by Crippen LogP contribution is 2.28. The van der Waals surface area contributed by atoms with Crippen LogP contribution in [0.2, 0.25) is 5.02 Å². The SMILES string of the molecule is COC(=O)C[C@@H]1CCN(c2ccc(Cl)c(F)c2)C1. The van der Waals surface area contributed by atoms with Gasteiger partial charge in [-0.05, 0) is 30.5 Å². The number of benzene rings is 1. The summed E-state index contributed by atoms with van der Waals surface area (Å²) in [7, 11) is 1.39. The quantitative estimate of drug-likeness (QED) is 0.792. The summed E-state index contributed by atoms with van der Waals surface area (Å²) >= 11 is 5.65. The Bertz CT molecular complexity index is 453. The second-order valence-corrected chi connectivity index (χ2v) is 4.89. The summed E-state index contributed by atoms with van der Waals surface area (Å²) in [6, 6.07) is 4.79. The van der Waals surface area contributed by atoms with Crippen LogP contribution in [0.3, 0.4) is 0 Å². The van der Waals surface area contributed by atoms with Gasteiger partial charge in [-0.2, -0.15) is 0 Å². The highest BCUT2D eigenvalue weighted by molar-refractivity contribution is 6.30. The number of hydrogen-bond acceptors (Lipinski definition) is 3. The van der Waals surface area contributed by atoms with Gasteiger partial charge in [0.05, 0.1) is 18.6 Å². The molecule has 0 spiro atoms. The molecule has 18 heavy (non-hydrogen) atoms. The number of carbonyl (C=O) groups excluding carboxylic acids is 1. The van der Waals surface area contributed by atoms with Gasteiger partial charge in [-0.25, -0.2) is 4.39 Å². The lowest BCUT2D eigenvalue weighted by molar-refractivity contribution is -0.141. The van der Waals surface area contributed by atoms with Gasteiger partial charge in [-0.1, -0.05) is 11.6 Å². The summed E-state index contributed by atoms with van der Waals surface area (Å²) in [5.41, 5.74) is 0.810. The Labute approximate surface area is 110 Å². The monoisotopic (exact) mass is 271 g/mol.